The minimum Gasteiger partial charge on any atom is -0.487 e. The number of ether oxygens (including phenoxy) is 1. The van der Waals surface area contributed by atoms with E-state index in [0.29, 0.717) is 6.42 Å². The van der Waals surface area contributed by atoms with Gasteiger partial charge in [0, 0.05) is 6.07 Å². The smallest absolute Gasteiger partial charge is 0.311 e. The molecule has 1 aromatic carbocycles. The average Bonchev–Trinajstić information content (AvgIpc) is 2.44. The molecule has 0 saturated heterocycles. The zero-order valence-electron chi connectivity index (χ0n) is 11.5. The van der Waals surface area contributed by atoms with Crippen LogP contribution in [0.3, 0.4) is 0 Å². The van der Waals surface area contributed by atoms with E-state index in [9.17, 15) is 14.9 Å². The number of aliphatic hydroxyl groups is 1. The van der Waals surface area contributed by atoms with Gasteiger partial charge in [-0.15, -0.1) is 0 Å². The first kappa shape index (κ1) is 15.9. The number of rotatable bonds is 7. The Morgan fingerprint density at radius 1 is 1.50 bits per heavy atom. The second-order valence-electron chi connectivity index (χ2n) is 4.11. The Morgan fingerprint density at radius 3 is 2.70 bits per heavy atom. The number of aliphatic hydroxyl groups excluding tert-OH is 1. The van der Waals surface area contributed by atoms with Crippen LogP contribution >= 0.6 is 0 Å². The summed E-state index contributed by atoms with van der Waals surface area (Å²) in [5.41, 5.74) is -0.163. The van der Waals surface area contributed by atoms with Crippen molar-refractivity contribution in [1.82, 2.24) is 5.32 Å². The van der Waals surface area contributed by atoms with E-state index in [1.165, 1.54) is 18.2 Å². The molecule has 7 heteroatoms. The van der Waals surface area contributed by atoms with Crippen molar-refractivity contribution in [3.05, 3.63) is 33.9 Å². The molecular weight excluding hydrogens is 264 g/mol. The number of nitro groups is 1. The van der Waals surface area contributed by atoms with Crippen molar-refractivity contribution in [2.24, 2.45) is 0 Å². The highest BCUT2D eigenvalue weighted by Gasteiger charge is 2.23. The molecule has 0 aliphatic carbocycles. The molecule has 0 aliphatic rings. The first-order valence-corrected chi connectivity index (χ1v) is 6.37. The molecular formula is C13H18N2O5. The van der Waals surface area contributed by atoms with E-state index in [0.717, 1.165) is 0 Å². The highest BCUT2D eigenvalue weighted by atomic mass is 16.6. The number of hydrogen-bond acceptors (Lipinski definition) is 5. The topological polar surface area (TPSA) is 102 Å². The van der Waals surface area contributed by atoms with E-state index in [1.54, 1.807) is 6.92 Å². The minimum absolute atomic E-state index is 0.0507. The molecule has 2 N–H and O–H groups in total. The Kier molecular flexibility index (Phi) is 5.92. The van der Waals surface area contributed by atoms with E-state index in [4.69, 9.17) is 9.84 Å². The molecule has 0 bridgehead atoms. The molecule has 0 aromatic heterocycles. The third-order valence-electron chi connectivity index (χ3n) is 2.77. The lowest BCUT2D eigenvalue weighted by Gasteiger charge is -2.15. The van der Waals surface area contributed by atoms with Crippen LogP contribution in [0.25, 0.3) is 0 Å². The van der Waals surface area contributed by atoms with Crippen molar-refractivity contribution < 1.29 is 19.6 Å². The van der Waals surface area contributed by atoms with Crippen molar-refractivity contribution in [1.29, 1.82) is 0 Å². The fraction of sp³-hybridized carbons (Fsp3) is 0.462. The zero-order valence-corrected chi connectivity index (χ0v) is 11.5. The summed E-state index contributed by atoms with van der Waals surface area (Å²) in [6.07, 6.45) is 0.557. The van der Waals surface area contributed by atoms with Gasteiger partial charge in [-0.05, 0) is 19.4 Å². The summed E-state index contributed by atoms with van der Waals surface area (Å²) in [6.45, 7) is 3.52. The maximum atomic E-state index is 12.1. The summed E-state index contributed by atoms with van der Waals surface area (Å²) in [6, 6.07) is 3.77. The monoisotopic (exact) mass is 282 g/mol. The highest BCUT2D eigenvalue weighted by Crippen LogP contribution is 2.30. The van der Waals surface area contributed by atoms with Gasteiger partial charge in [0.2, 0.25) is 5.75 Å². The van der Waals surface area contributed by atoms with Gasteiger partial charge >= 0.3 is 5.69 Å². The van der Waals surface area contributed by atoms with Crippen LogP contribution in [-0.4, -0.2) is 35.2 Å². The summed E-state index contributed by atoms with van der Waals surface area (Å²) >= 11 is 0. The summed E-state index contributed by atoms with van der Waals surface area (Å²) < 4.78 is 5.23. The Labute approximate surface area is 116 Å². The lowest BCUT2D eigenvalue weighted by Crippen LogP contribution is -2.37. The number of nitrogens with zero attached hydrogens (tertiary/aromatic N) is 1. The second-order valence-corrected chi connectivity index (χ2v) is 4.11. The van der Waals surface area contributed by atoms with Gasteiger partial charge in [-0.3, -0.25) is 14.9 Å². The van der Waals surface area contributed by atoms with Gasteiger partial charge in [0.1, 0.15) is 0 Å². The number of nitro benzene ring substituents is 1. The van der Waals surface area contributed by atoms with Gasteiger partial charge in [-0.2, -0.15) is 0 Å². The second kappa shape index (κ2) is 7.44. The van der Waals surface area contributed by atoms with Crippen molar-refractivity contribution in [3.8, 4) is 5.75 Å². The lowest BCUT2D eigenvalue weighted by molar-refractivity contribution is -0.385. The Morgan fingerprint density at radius 2 is 2.20 bits per heavy atom. The molecule has 20 heavy (non-hydrogen) atoms. The summed E-state index contributed by atoms with van der Waals surface area (Å²) in [5, 5.41) is 22.6. The van der Waals surface area contributed by atoms with Crippen molar-refractivity contribution in [3.63, 3.8) is 0 Å². The lowest BCUT2D eigenvalue weighted by atomic mass is 10.1. The minimum atomic E-state index is -0.592. The predicted octanol–water partition coefficient (Wildman–Crippen LogP) is 1.49. The maximum Gasteiger partial charge on any atom is 0.311 e. The number of carbonyl (C=O) groups excluding carboxylic acids is 1. The van der Waals surface area contributed by atoms with E-state index in [-0.39, 0.29) is 30.2 Å². The third-order valence-corrected chi connectivity index (χ3v) is 2.77. The molecule has 0 heterocycles. The molecule has 0 saturated carbocycles. The van der Waals surface area contributed by atoms with Crippen LogP contribution in [0.5, 0.6) is 5.75 Å². The molecule has 1 unspecified atom stereocenters. The summed E-state index contributed by atoms with van der Waals surface area (Å²) in [7, 11) is 0. The van der Waals surface area contributed by atoms with Crippen LogP contribution < -0.4 is 10.1 Å². The van der Waals surface area contributed by atoms with Gasteiger partial charge in [0.15, 0.2) is 0 Å². The van der Waals surface area contributed by atoms with E-state index >= 15 is 0 Å². The number of hydrogen-bond donors (Lipinski definition) is 2. The summed E-state index contributed by atoms with van der Waals surface area (Å²) in [4.78, 5) is 22.5. The van der Waals surface area contributed by atoms with Crippen LogP contribution in [0, 0.1) is 10.1 Å². The molecule has 0 aliphatic heterocycles. The van der Waals surface area contributed by atoms with Crippen LogP contribution in [0.1, 0.15) is 30.6 Å². The van der Waals surface area contributed by atoms with Gasteiger partial charge in [0.05, 0.1) is 29.7 Å². The molecule has 0 fully saturated rings. The molecule has 1 atom stereocenters. The molecule has 7 nitrogen and oxygen atoms in total. The van der Waals surface area contributed by atoms with Gasteiger partial charge in [-0.1, -0.05) is 13.0 Å². The number of para-hydroxylation sites is 1. The van der Waals surface area contributed by atoms with Gasteiger partial charge in [0.25, 0.3) is 5.91 Å². The van der Waals surface area contributed by atoms with Crippen molar-refractivity contribution in [2.45, 2.75) is 26.3 Å². The maximum absolute atomic E-state index is 12.1. The van der Waals surface area contributed by atoms with Crippen LogP contribution in [0.2, 0.25) is 0 Å². The fourth-order valence-electron chi connectivity index (χ4n) is 1.68. The average molecular weight is 282 g/mol. The van der Waals surface area contributed by atoms with E-state index in [1.807, 2.05) is 6.92 Å². The standard InChI is InChI=1S/C13H18N2O5/c1-3-9(8-16)14-13(17)10-6-5-7-11(15(18)19)12(10)20-4-2/h5-7,9,16H,3-4,8H2,1-2H3,(H,14,17). The van der Waals surface area contributed by atoms with E-state index < -0.39 is 16.9 Å². The quantitative estimate of drug-likeness (QED) is 0.582. The van der Waals surface area contributed by atoms with Crippen LogP contribution in [0.4, 0.5) is 5.69 Å². The van der Waals surface area contributed by atoms with Crippen LogP contribution in [0.15, 0.2) is 18.2 Å². The Balaban J connectivity index is 3.13. The number of amides is 1. The molecule has 1 amide bonds. The first-order valence-electron chi connectivity index (χ1n) is 6.37. The fourth-order valence-corrected chi connectivity index (χ4v) is 1.68. The predicted molar refractivity (Wildman–Crippen MR) is 72.9 cm³/mol. The van der Waals surface area contributed by atoms with Crippen LogP contribution in [-0.2, 0) is 0 Å². The Hall–Kier alpha value is -2.15. The zero-order chi connectivity index (χ0) is 15.1. The molecule has 110 valence electrons. The summed E-state index contributed by atoms with van der Waals surface area (Å²) in [5.74, 6) is -0.552. The van der Waals surface area contributed by atoms with Gasteiger partial charge in [-0.25, -0.2) is 0 Å². The third kappa shape index (κ3) is 3.67. The molecule has 1 rings (SSSR count). The largest absolute Gasteiger partial charge is 0.487 e. The SMILES string of the molecule is CCOc1c(C(=O)NC(CC)CO)cccc1[N+](=O)[O-]. The van der Waals surface area contributed by atoms with Crippen molar-refractivity contribution in [2.75, 3.05) is 13.2 Å². The molecule has 1 aromatic rings. The van der Waals surface area contributed by atoms with Crippen molar-refractivity contribution >= 4 is 11.6 Å². The van der Waals surface area contributed by atoms with E-state index in [2.05, 4.69) is 5.32 Å². The first-order chi connectivity index (χ1) is 9.54. The number of benzene rings is 1. The number of nitrogens with one attached hydrogen (secondary N) is 1. The highest BCUT2D eigenvalue weighted by molar-refractivity contribution is 5.98. The Bertz CT molecular complexity index is 486. The normalized spacial score (nSPS) is 11.8. The molecule has 0 spiro atoms. The molecule has 0 radical (unpaired) electrons. The van der Waals surface area contributed by atoms with Gasteiger partial charge < -0.3 is 15.2 Å². The number of carbonyl (C=O) groups is 1.